The molecule has 2 aromatic rings. The summed E-state index contributed by atoms with van der Waals surface area (Å²) in [5.41, 5.74) is -1.73. The molecule has 0 unspecified atom stereocenters. The van der Waals surface area contributed by atoms with E-state index in [1.807, 2.05) is 0 Å². The maximum absolute atomic E-state index is 14.1. The van der Waals surface area contributed by atoms with Crippen LogP contribution in [0.25, 0.3) is 4.85 Å². The number of hydrogen-bond donors (Lipinski definition) is 0. The Hall–Kier alpha value is -2.02. The van der Waals surface area contributed by atoms with Crippen LogP contribution in [0.4, 0.5) is 18.9 Å². The largest absolute Gasteiger partial charge is 0.261 e. The third-order valence-corrected chi connectivity index (χ3v) is 3.97. The van der Waals surface area contributed by atoms with Gasteiger partial charge in [-0.05, 0) is 17.7 Å². The van der Waals surface area contributed by atoms with E-state index >= 15 is 0 Å². The van der Waals surface area contributed by atoms with Crippen molar-refractivity contribution in [1.29, 1.82) is 5.26 Å². The molecule has 0 heterocycles. The number of hydrogen-bond acceptors (Lipinski definition) is 1. The van der Waals surface area contributed by atoms with Crippen LogP contribution < -0.4 is 0 Å². The Labute approximate surface area is 137 Å². The molecule has 22 heavy (non-hydrogen) atoms. The summed E-state index contributed by atoms with van der Waals surface area (Å²) >= 11 is 9.01. The van der Waals surface area contributed by atoms with Crippen molar-refractivity contribution in [2.75, 3.05) is 0 Å². The molecular weight excluding hydrogens is 381 g/mol. The van der Waals surface area contributed by atoms with Crippen molar-refractivity contribution in [1.82, 2.24) is 0 Å². The van der Waals surface area contributed by atoms with Crippen molar-refractivity contribution in [2.45, 2.75) is 6.42 Å². The molecule has 0 fully saturated rings. The fourth-order valence-corrected chi connectivity index (χ4v) is 2.75. The summed E-state index contributed by atoms with van der Waals surface area (Å²) in [6.45, 7) is 6.69. The van der Waals surface area contributed by atoms with Gasteiger partial charge in [0.05, 0.1) is 12.1 Å². The van der Waals surface area contributed by atoms with Crippen LogP contribution in [0.1, 0.15) is 16.7 Å². The van der Waals surface area contributed by atoms with Crippen LogP contribution >= 0.6 is 27.5 Å². The van der Waals surface area contributed by atoms with Crippen LogP contribution in [0, 0.1) is 35.4 Å². The summed E-state index contributed by atoms with van der Waals surface area (Å²) in [5.74, 6) is -4.34. The monoisotopic (exact) mass is 384 g/mol. The minimum atomic E-state index is -1.59. The zero-order valence-corrected chi connectivity index (χ0v) is 13.1. The van der Waals surface area contributed by atoms with E-state index in [9.17, 15) is 13.2 Å². The zero-order chi connectivity index (χ0) is 16.4. The van der Waals surface area contributed by atoms with Crippen molar-refractivity contribution >= 4 is 33.2 Å². The standard InChI is InChI=1S/C15H5BrClF3N2/c1-22-15-13(19)10(6-21)9(12(18)14(15)20)4-7-2-3-8(17)5-11(7)16/h2-3,5H,4H2. The molecule has 0 aliphatic carbocycles. The summed E-state index contributed by atoms with van der Waals surface area (Å²) in [6.07, 6.45) is -0.224. The first-order chi connectivity index (χ1) is 10.4. The molecule has 0 bridgehead atoms. The van der Waals surface area contributed by atoms with Gasteiger partial charge in [-0.15, -0.1) is 0 Å². The highest BCUT2D eigenvalue weighted by molar-refractivity contribution is 9.10. The number of nitriles is 1. The number of benzene rings is 2. The lowest BCUT2D eigenvalue weighted by molar-refractivity contribution is 0.492. The second-order valence-corrected chi connectivity index (χ2v) is 5.57. The first-order valence-electron chi connectivity index (χ1n) is 5.81. The van der Waals surface area contributed by atoms with Gasteiger partial charge >= 0.3 is 0 Å². The molecule has 0 aliphatic rings. The van der Waals surface area contributed by atoms with Gasteiger partial charge in [0.25, 0.3) is 5.69 Å². The normalized spacial score (nSPS) is 10.1. The third kappa shape index (κ3) is 2.81. The number of rotatable bonds is 2. The van der Waals surface area contributed by atoms with Gasteiger partial charge in [0.2, 0.25) is 0 Å². The topological polar surface area (TPSA) is 28.1 Å². The quantitative estimate of drug-likeness (QED) is 0.493. The van der Waals surface area contributed by atoms with Gasteiger partial charge in [0.1, 0.15) is 6.07 Å². The van der Waals surface area contributed by atoms with Crippen molar-refractivity contribution in [3.8, 4) is 6.07 Å². The van der Waals surface area contributed by atoms with Crippen LogP contribution in [0.5, 0.6) is 0 Å². The third-order valence-electron chi connectivity index (χ3n) is 3.00. The zero-order valence-electron chi connectivity index (χ0n) is 10.7. The minimum absolute atomic E-state index is 0.224. The van der Waals surface area contributed by atoms with Crippen molar-refractivity contribution in [3.63, 3.8) is 0 Å². The highest BCUT2D eigenvalue weighted by Crippen LogP contribution is 2.33. The first kappa shape index (κ1) is 16.4. The van der Waals surface area contributed by atoms with Gasteiger partial charge in [0.15, 0.2) is 17.5 Å². The summed E-state index contributed by atoms with van der Waals surface area (Å²) in [4.78, 5) is 2.60. The van der Waals surface area contributed by atoms with E-state index in [-0.39, 0.29) is 6.42 Å². The van der Waals surface area contributed by atoms with Crippen LogP contribution in [-0.2, 0) is 6.42 Å². The molecule has 7 heteroatoms. The lowest BCUT2D eigenvalue weighted by Gasteiger charge is -2.11. The van der Waals surface area contributed by atoms with E-state index < -0.39 is 34.3 Å². The summed E-state index contributed by atoms with van der Waals surface area (Å²) < 4.78 is 42.3. The Bertz CT molecular complexity index is 854. The van der Waals surface area contributed by atoms with Crippen LogP contribution in [0.3, 0.4) is 0 Å². The van der Waals surface area contributed by atoms with E-state index in [4.69, 9.17) is 23.4 Å². The predicted molar refractivity (Wildman–Crippen MR) is 79.3 cm³/mol. The maximum Gasteiger partial charge on any atom is 0.261 e. The molecule has 0 atom stereocenters. The Kier molecular flexibility index (Phi) is 4.75. The molecule has 2 nitrogen and oxygen atoms in total. The van der Waals surface area contributed by atoms with Gasteiger partial charge in [-0.2, -0.15) is 5.26 Å². The van der Waals surface area contributed by atoms with Crippen molar-refractivity contribution < 1.29 is 13.2 Å². The van der Waals surface area contributed by atoms with Gasteiger partial charge in [-0.1, -0.05) is 33.6 Å². The molecule has 0 N–H and O–H groups in total. The minimum Gasteiger partial charge on any atom is -0.232 e. The molecule has 0 amide bonds. The highest BCUT2D eigenvalue weighted by atomic mass is 79.9. The average Bonchev–Trinajstić information content (AvgIpc) is 2.48. The molecule has 0 spiro atoms. The van der Waals surface area contributed by atoms with Crippen LogP contribution in [0.15, 0.2) is 22.7 Å². The summed E-state index contributed by atoms with van der Waals surface area (Å²) in [7, 11) is 0. The Balaban J connectivity index is 2.66. The van der Waals surface area contributed by atoms with E-state index in [0.717, 1.165) is 0 Å². The molecule has 0 aliphatic heterocycles. The average molecular weight is 386 g/mol. The van der Waals surface area contributed by atoms with Crippen LogP contribution in [-0.4, -0.2) is 0 Å². The van der Waals surface area contributed by atoms with Gasteiger partial charge in [-0.25, -0.2) is 18.0 Å². The highest BCUT2D eigenvalue weighted by Gasteiger charge is 2.25. The predicted octanol–water partition coefficient (Wildman–Crippen LogP) is 5.53. The fraction of sp³-hybridized carbons (Fsp3) is 0.0667. The lowest BCUT2D eigenvalue weighted by atomic mass is 9.98. The maximum atomic E-state index is 14.1. The first-order valence-corrected chi connectivity index (χ1v) is 6.98. The van der Waals surface area contributed by atoms with Gasteiger partial charge in [0, 0.05) is 21.5 Å². The van der Waals surface area contributed by atoms with E-state index in [2.05, 4.69) is 20.8 Å². The second-order valence-electron chi connectivity index (χ2n) is 4.28. The fourth-order valence-electron chi connectivity index (χ4n) is 1.93. The molecule has 2 aromatic carbocycles. The van der Waals surface area contributed by atoms with Crippen molar-refractivity contribution in [2.24, 2.45) is 0 Å². The molecule has 110 valence electrons. The van der Waals surface area contributed by atoms with E-state index in [1.165, 1.54) is 12.1 Å². The molecular formula is C15H5BrClF3N2. The molecule has 0 radical (unpaired) electrons. The Morgan fingerprint density at radius 2 is 1.91 bits per heavy atom. The Morgan fingerprint density at radius 1 is 1.23 bits per heavy atom. The van der Waals surface area contributed by atoms with Gasteiger partial charge in [-0.3, -0.25) is 0 Å². The number of halogens is 5. The summed E-state index contributed by atoms with van der Waals surface area (Å²) in [6, 6.07) is 6.11. The second kappa shape index (κ2) is 6.39. The molecule has 2 rings (SSSR count). The van der Waals surface area contributed by atoms with E-state index in [0.29, 0.717) is 15.1 Å². The van der Waals surface area contributed by atoms with Gasteiger partial charge < -0.3 is 0 Å². The SMILES string of the molecule is [C-]#[N+]c1c(F)c(F)c(Cc2ccc(Cl)cc2Br)c(C#N)c1F. The van der Waals surface area contributed by atoms with Crippen LogP contribution in [0.2, 0.25) is 5.02 Å². The van der Waals surface area contributed by atoms with Crippen molar-refractivity contribution in [3.05, 3.63) is 73.3 Å². The lowest BCUT2D eigenvalue weighted by Crippen LogP contribution is -2.04. The molecule has 0 saturated heterocycles. The smallest absolute Gasteiger partial charge is 0.232 e. The molecule has 0 saturated carbocycles. The number of nitrogens with zero attached hydrogens (tertiary/aromatic N) is 2. The van der Waals surface area contributed by atoms with E-state index in [1.54, 1.807) is 12.1 Å². The summed E-state index contributed by atoms with van der Waals surface area (Å²) in [5, 5.41) is 9.44. The Morgan fingerprint density at radius 3 is 2.45 bits per heavy atom. The molecule has 0 aromatic heterocycles.